The Bertz CT molecular complexity index is 1480. The first-order chi connectivity index (χ1) is 16.6. The summed E-state index contributed by atoms with van der Waals surface area (Å²) in [4.78, 5) is 5.19. The second-order valence-electron chi connectivity index (χ2n) is 11.6. The van der Waals surface area contributed by atoms with Gasteiger partial charge in [0.15, 0.2) is 0 Å². The molecule has 0 unspecified atom stereocenters. The van der Waals surface area contributed by atoms with E-state index in [0.29, 0.717) is 11.8 Å². The van der Waals surface area contributed by atoms with E-state index in [1.54, 1.807) is 0 Å². The van der Waals surface area contributed by atoms with E-state index in [1.165, 1.54) is 22.4 Å². The second kappa shape index (κ2) is 8.71. The predicted molar refractivity (Wildman–Crippen MR) is 148 cm³/mol. The average Bonchev–Trinajstić information content (AvgIpc) is 3.38. The Morgan fingerprint density at radius 2 is 1.54 bits per heavy atom. The van der Waals surface area contributed by atoms with E-state index in [-0.39, 0.29) is 5.41 Å². The fraction of sp³-hybridized carbons (Fsp3) is 0.344. The first kappa shape index (κ1) is 23.4. The van der Waals surface area contributed by atoms with Crippen LogP contribution in [-0.4, -0.2) is 9.55 Å². The molecule has 5 aromatic rings. The molecule has 0 atom stereocenters. The maximum atomic E-state index is 6.08. The van der Waals surface area contributed by atoms with Gasteiger partial charge in [-0.05, 0) is 64.6 Å². The average molecular weight is 465 g/mol. The van der Waals surface area contributed by atoms with E-state index in [4.69, 9.17) is 9.40 Å². The number of benzene rings is 3. The summed E-state index contributed by atoms with van der Waals surface area (Å²) in [6, 6.07) is 21.8. The Balaban J connectivity index is 1.84. The first-order valence-electron chi connectivity index (χ1n) is 12.7. The molecule has 3 heteroatoms. The Kier molecular flexibility index (Phi) is 5.83. The summed E-state index contributed by atoms with van der Waals surface area (Å²) < 4.78 is 8.45. The van der Waals surface area contributed by atoms with Crippen LogP contribution in [0.4, 0.5) is 0 Å². The second-order valence-corrected chi connectivity index (χ2v) is 11.6. The van der Waals surface area contributed by atoms with Crippen molar-refractivity contribution in [2.24, 2.45) is 5.41 Å². The highest BCUT2D eigenvalue weighted by Gasteiger charge is 2.24. The molecular weight excluding hydrogens is 428 g/mol. The number of aromatic nitrogens is 2. The van der Waals surface area contributed by atoms with Crippen molar-refractivity contribution in [2.75, 3.05) is 0 Å². The third-order valence-electron chi connectivity index (χ3n) is 6.74. The van der Waals surface area contributed by atoms with Gasteiger partial charge in [-0.2, -0.15) is 0 Å². The molecule has 0 saturated heterocycles. The van der Waals surface area contributed by atoms with Crippen LogP contribution in [0.3, 0.4) is 0 Å². The topological polar surface area (TPSA) is 31.0 Å². The van der Waals surface area contributed by atoms with Crippen molar-refractivity contribution in [1.29, 1.82) is 0 Å². The van der Waals surface area contributed by atoms with E-state index in [9.17, 15) is 0 Å². The molecule has 0 bridgehead atoms. The van der Waals surface area contributed by atoms with Crippen LogP contribution in [-0.2, 0) is 6.42 Å². The van der Waals surface area contributed by atoms with Crippen molar-refractivity contribution in [3.05, 3.63) is 83.6 Å². The number of rotatable bonds is 5. The van der Waals surface area contributed by atoms with Gasteiger partial charge in [-0.3, -0.25) is 4.57 Å². The maximum absolute atomic E-state index is 6.08. The van der Waals surface area contributed by atoms with Crippen LogP contribution in [0.2, 0.25) is 0 Å². The molecule has 3 aromatic carbocycles. The molecule has 0 aliphatic heterocycles. The van der Waals surface area contributed by atoms with Crippen molar-refractivity contribution in [2.45, 2.75) is 66.7 Å². The molecule has 0 N–H and O–H groups in total. The van der Waals surface area contributed by atoms with Gasteiger partial charge >= 0.3 is 0 Å². The molecule has 0 aliphatic carbocycles. The Hall–Kier alpha value is -3.33. The van der Waals surface area contributed by atoms with E-state index < -0.39 is 0 Å². The van der Waals surface area contributed by atoms with Crippen LogP contribution in [0.25, 0.3) is 39.1 Å². The predicted octanol–water partition coefficient (Wildman–Crippen LogP) is 9.27. The summed E-state index contributed by atoms with van der Waals surface area (Å²) >= 11 is 0. The lowest BCUT2D eigenvalue weighted by molar-refractivity contribution is 0.411. The minimum absolute atomic E-state index is 0.215. The largest absolute Gasteiger partial charge is 0.464 e. The molecule has 2 aromatic heterocycles. The van der Waals surface area contributed by atoms with E-state index in [0.717, 1.165) is 39.8 Å². The molecule has 0 fully saturated rings. The van der Waals surface area contributed by atoms with Crippen molar-refractivity contribution in [3.63, 3.8) is 0 Å². The minimum Gasteiger partial charge on any atom is -0.464 e. The van der Waals surface area contributed by atoms with E-state index in [1.807, 2.05) is 6.26 Å². The van der Waals surface area contributed by atoms with Gasteiger partial charge in [0.25, 0.3) is 0 Å². The van der Waals surface area contributed by atoms with Crippen LogP contribution in [0.5, 0.6) is 0 Å². The van der Waals surface area contributed by atoms with E-state index >= 15 is 0 Å². The first-order valence-corrected chi connectivity index (χ1v) is 12.7. The highest BCUT2D eigenvalue weighted by Crippen LogP contribution is 2.39. The van der Waals surface area contributed by atoms with Gasteiger partial charge in [0.05, 0.1) is 22.3 Å². The SMILES string of the molecule is CC(C)c1cccc(C(C)C)c1-n1c(-c2coc3ccc(CC(C)(C)C)cc23)nc2ccccc21. The fourth-order valence-electron chi connectivity index (χ4n) is 5.17. The van der Waals surface area contributed by atoms with Gasteiger partial charge in [0, 0.05) is 5.39 Å². The molecule has 0 amide bonds. The summed E-state index contributed by atoms with van der Waals surface area (Å²) in [5.74, 6) is 1.71. The lowest BCUT2D eigenvalue weighted by atomic mass is 9.87. The van der Waals surface area contributed by atoms with Crippen molar-refractivity contribution >= 4 is 22.0 Å². The van der Waals surface area contributed by atoms with E-state index in [2.05, 4.69) is 114 Å². The summed E-state index contributed by atoms with van der Waals surface area (Å²) in [5, 5.41) is 1.12. The zero-order valence-electron chi connectivity index (χ0n) is 22.0. The zero-order chi connectivity index (χ0) is 24.9. The third-order valence-corrected chi connectivity index (χ3v) is 6.74. The normalized spacial score (nSPS) is 12.5. The molecule has 0 saturated carbocycles. The van der Waals surface area contributed by atoms with Crippen LogP contribution in [0, 0.1) is 5.41 Å². The number of hydrogen-bond acceptors (Lipinski definition) is 2. The summed E-state index contributed by atoms with van der Waals surface area (Å²) in [7, 11) is 0. The molecule has 35 heavy (non-hydrogen) atoms. The summed E-state index contributed by atoms with van der Waals surface area (Å²) in [6.45, 7) is 15.9. The third kappa shape index (κ3) is 4.29. The van der Waals surface area contributed by atoms with Crippen LogP contribution in [0.1, 0.15) is 77.0 Å². The van der Waals surface area contributed by atoms with Crippen molar-refractivity contribution in [1.82, 2.24) is 9.55 Å². The van der Waals surface area contributed by atoms with Crippen molar-refractivity contribution < 1.29 is 4.42 Å². The molecule has 0 spiro atoms. The minimum atomic E-state index is 0.215. The number of furan rings is 1. The number of imidazole rings is 1. The molecule has 5 rings (SSSR count). The standard InChI is InChI=1S/C32H36N2O/c1-20(2)23-11-10-12-24(21(3)4)30(23)34-28-14-9-8-13-27(28)33-31(34)26-19-35-29-16-15-22(17-25(26)29)18-32(5,6)7/h8-17,19-21H,18H2,1-7H3. The van der Waals surface area contributed by atoms with Crippen LogP contribution < -0.4 is 0 Å². The monoisotopic (exact) mass is 464 g/mol. The number of fused-ring (bicyclic) bond motifs is 2. The quantitative estimate of drug-likeness (QED) is 0.259. The van der Waals surface area contributed by atoms with Gasteiger partial charge < -0.3 is 4.42 Å². The lowest BCUT2D eigenvalue weighted by Crippen LogP contribution is -2.09. The summed E-state index contributed by atoms with van der Waals surface area (Å²) in [5.41, 5.74) is 9.52. The Labute approximate surface area is 208 Å². The van der Waals surface area contributed by atoms with Crippen LogP contribution in [0.15, 0.2) is 71.3 Å². The highest BCUT2D eigenvalue weighted by molar-refractivity contribution is 5.96. The number of nitrogens with zero attached hydrogens (tertiary/aromatic N) is 2. The molecule has 0 aliphatic rings. The van der Waals surface area contributed by atoms with Crippen molar-refractivity contribution in [3.8, 4) is 17.1 Å². The van der Waals surface area contributed by atoms with Gasteiger partial charge in [-0.1, -0.05) is 84.9 Å². The zero-order valence-corrected chi connectivity index (χ0v) is 22.0. The van der Waals surface area contributed by atoms with Gasteiger partial charge in [-0.25, -0.2) is 4.98 Å². The molecule has 180 valence electrons. The number of para-hydroxylation sites is 3. The van der Waals surface area contributed by atoms with Crippen LogP contribution >= 0.6 is 0 Å². The van der Waals surface area contributed by atoms with Gasteiger partial charge in [0.1, 0.15) is 17.7 Å². The number of hydrogen-bond donors (Lipinski definition) is 0. The highest BCUT2D eigenvalue weighted by atomic mass is 16.3. The van der Waals surface area contributed by atoms with Gasteiger partial charge in [-0.15, -0.1) is 0 Å². The Morgan fingerprint density at radius 1 is 0.857 bits per heavy atom. The smallest absolute Gasteiger partial charge is 0.149 e. The van der Waals surface area contributed by atoms with Gasteiger partial charge in [0.2, 0.25) is 0 Å². The molecular formula is C32H36N2O. The summed E-state index contributed by atoms with van der Waals surface area (Å²) in [6.07, 6.45) is 2.90. The maximum Gasteiger partial charge on any atom is 0.149 e. The Morgan fingerprint density at radius 3 is 2.20 bits per heavy atom. The fourth-order valence-corrected chi connectivity index (χ4v) is 5.17. The molecule has 0 radical (unpaired) electrons. The molecule has 3 nitrogen and oxygen atoms in total. The molecule has 2 heterocycles. The lowest BCUT2D eigenvalue weighted by Gasteiger charge is -2.22.